The number of piperazine rings is 1. The van der Waals surface area contributed by atoms with Gasteiger partial charge < -0.3 is 16.0 Å². The SMILES string of the molecule is CC1CN(c2ncc3ncnc(N)c3c2F)CCN1. The number of nitrogens with zero attached hydrogens (tertiary/aromatic N) is 4. The van der Waals surface area contributed by atoms with Crippen LogP contribution >= 0.6 is 0 Å². The highest BCUT2D eigenvalue weighted by molar-refractivity contribution is 5.89. The topological polar surface area (TPSA) is 80.0 Å². The van der Waals surface area contributed by atoms with Crippen LogP contribution in [0.15, 0.2) is 12.5 Å². The second-order valence-corrected chi connectivity index (χ2v) is 4.72. The summed E-state index contributed by atoms with van der Waals surface area (Å²) in [6.07, 6.45) is 2.85. The van der Waals surface area contributed by atoms with Gasteiger partial charge >= 0.3 is 0 Å². The monoisotopic (exact) mass is 262 g/mol. The van der Waals surface area contributed by atoms with Gasteiger partial charge in [-0.2, -0.15) is 0 Å². The predicted molar refractivity (Wildman–Crippen MR) is 71.4 cm³/mol. The van der Waals surface area contributed by atoms with Crippen molar-refractivity contribution in [3.8, 4) is 0 Å². The molecule has 100 valence electrons. The van der Waals surface area contributed by atoms with Gasteiger partial charge in [-0.3, -0.25) is 0 Å². The average Bonchev–Trinajstić information content (AvgIpc) is 2.39. The molecule has 3 N–H and O–H groups in total. The fourth-order valence-electron chi connectivity index (χ4n) is 2.37. The average molecular weight is 262 g/mol. The number of anilines is 2. The van der Waals surface area contributed by atoms with Crippen LogP contribution in [0.2, 0.25) is 0 Å². The Morgan fingerprint density at radius 2 is 2.26 bits per heavy atom. The molecule has 1 atom stereocenters. The third-order valence-electron chi connectivity index (χ3n) is 3.30. The molecule has 19 heavy (non-hydrogen) atoms. The summed E-state index contributed by atoms with van der Waals surface area (Å²) in [7, 11) is 0. The molecule has 2 aromatic heterocycles. The third-order valence-corrected chi connectivity index (χ3v) is 3.30. The van der Waals surface area contributed by atoms with E-state index in [-0.39, 0.29) is 11.2 Å². The van der Waals surface area contributed by atoms with Crippen LogP contribution in [0.3, 0.4) is 0 Å². The fourth-order valence-corrected chi connectivity index (χ4v) is 2.37. The zero-order valence-corrected chi connectivity index (χ0v) is 10.6. The lowest BCUT2D eigenvalue weighted by Crippen LogP contribution is -2.49. The second-order valence-electron chi connectivity index (χ2n) is 4.72. The first-order valence-corrected chi connectivity index (χ1v) is 6.20. The number of aromatic nitrogens is 3. The van der Waals surface area contributed by atoms with Gasteiger partial charge in [0.05, 0.1) is 17.1 Å². The highest BCUT2D eigenvalue weighted by Crippen LogP contribution is 2.27. The predicted octanol–water partition coefficient (Wildman–Crippen LogP) is 0.544. The normalized spacial score (nSPS) is 19.9. The van der Waals surface area contributed by atoms with Crippen molar-refractivity contribution in [2.45, 2.75) is 13.0 Å². The summed E-state index contributed by atoms with van der Waals surface area (Å²) >= 11 is 0. The minimum Gasteiger partial charge on any atom is -0.383 e. The van der Waals surface area contributed by atoms with Crippen molar-refractivity contribution in [1.82, 2.24) is 20.3 Å². The Balaban J connectivity index is 2.09. The number of rotatable bonds is 1. The summed E-state index contributed by atoms with van der Waals surface area (Å²) in [6.45, 7) is 4.29. The summed E-state index contributed by atoms with van der Waals surface area (Å²) in [5.41, 5.74) is 6.16. The molecule has 1 unspecified atom stereocenters. The molecule has 3 heterocycles. The lowest BCUT2D eigenvalue weighted by Gasteiger charge is -2.33. The van der Waals surface area contributed by atoms with E-state index in [0.29, 0.717) is 30.5 Å². The Kier molecular flexibility index (Phi) is 2.90. The van der Waals surface area contributed by atoms with Crippen LogP contribution in [0.25, 0.3) is 10.9 Å². The number of nitrogens with two attached hydrogens (primary N) is 1. The minimum absolute atomic E-state index is 0.148. The number of fused-ring (bicyclic) bond motifs is 1. The highest BCUT2D eigenvalue weighted by Gasteiger charge is 2.22. The zero-order chi connectivity index (χ0) is 13.4. The summed E-state index contributed by atoms with van der Waals surface area (Å²) < 4.78 is 14.6. The summed E-state index contributed by atoms with van der Waals surface area (Å²) in [6, 6.07) is 0.301. The Morgan fingerprint density at radius 1 is 1.42 bits per heavy atom. The lowest BCUT2D eigenvalue weighted by molar-refractivity contribution is 0.476. The van der Waals surface area contributed by atoms with Crippen LogP contribution in [0.5, 0.6) is 0 Å². The number of nitrogen functional groups attached to an aromatic ring is 1. The van der Waals surface area contributed by atoms with Gasteiger partial charge in [0, 0.05) is 25.7 Å². The highest BCUT2D eigenvalue weighted by atomic mass is 19.1. The number of halogens is 1. The van der Waals surface area contributed by atoms with E-state index in [0.717, 1.165) is 6.54 Å². The van der Waals surface area contributed by atoms with Crippen LogP contribution in [-0.4, -0.2) is 40.6 Å². The van der Waals surface area contributed by atoms with Crippen molar-refractivity contribution in [2.75, 3.05) is 30.3 Å². The number of hydrogen-bond acceptors (Lipinski definition) is 6. The van der Waals surface area contributed by atoms with E-state index in [9.17, 15) is 4.39 Å². The molecular weight excluding hydrogens is 247 g/mol. The number of pyridine rings is 1. The quantitative estimate of drug-likeness (QED) is 0.781. The third kappa shape index (κ3) is 2.06. The maximum Gasteiger partial charge on any atom is 0.178 e. The Hall–Kier alpha value is -2.02. The maximum atomic E-state index is 14.6. The molecule has 1 saturated heterocycles. The molecule has 0 amide bonds. The van der Waals surface area contributed by atoms with Crippen molar-refractivity contribution < 1.29 is 4.39 Å². The maximum absolute atomic E-state index is 14.6. The Bertz CT molecular complexity index is 616. The Labute approximate surface area is 109 Å². The molecule has 0 saturated carbocycles. The zero-order valence-electron chi connectivity index (χ0n) is 10.6. The van der Waals surface area contributed by atoms with Crippen molar-refractivity contribution in [3.63, 3.8) is 0 Å². The van der Waals surface area contributed by atoms with Crippen LogP contribution in [0.1, 0.15) is 6.92 Å². The molecule has 0 bridgehead atoms. The van der Waals surface area contributed by atoms with Crippen molar-refractivity contribution in [2.24, 2.45) is 0 Å². The molecular formula is C12H15FN6. The van der Waals surface area contributed by atoms with Gasteiger partial charge in [-0.1, -0.05) is 0 Å². The molecule has 1 aliphatic heterocycles. The van der Waals surface area contributed by atoms with Crippen molar-refractivity contribution >= 4 is 22.5 Å². The smallest absolute Gasteiger partial charge is 0.178 e. The van der Waals surface area contributed by atoms with E-state index in [4.69, 9.17) is 5.73 Å². The van der Waals surface area contributed by atoms with E-state index < -0.39 is 5.82 Å². The van der Waals surface area contributed by atoms with E-state index in [1.54, 1.807) is 6.20 Å². The first kappa shape index (κ1) is 12.0. The van der Waals surface area contributed by atoms with Crippen LogP contribution < -0.4 is 16.0 Å². The second kappa shape index (κ2) is 4.58. The van der Waals surface area contributed by atoms with E-state index in [1.807, 2.05) is 4.90 Å². The Morgan fingerprint density at radius 3 is 3.05 bits per heavy atom. The minimum atomic E-state index is -0.440. The van der Waals surface area contributed by atoms with Gasteiger partial charge in [-0.15, -0.1) is 0 Å². The fraction of sp³-hybridized carbons (Fsp3) is 0.417. The molecule has 0 aliphatic carbocycles. The molecule has 7 heteroatoms. The largest absolute Gasteiger partial charge is 0.383 e. The first-order valence-electron chi connectivity index (χ1n) is 6.20. The van der Waals surface area contributed by atoms with Gasteiger partial charge in [0.1, 0.15) is 12.1 Å². The van der Waals surface area contributed by atoms with Gasteiger partial charge in [-0.05, 0) is 6.92 Å². The van der Waals surface area contributed by atoms with Gasteiger partial charge in [0.2, 0.25) is 0 Å². The first-order chi connectivity index (χ1) is 9.16. The number of nitrogens with one attached hydrogen (secondary N) is 1. The summed E-state index contributed by atoms with van der Waals surface area (Å²) in [5, 5.41) is 3.56. The van der Waals surface area contributed by atoms with Crippen LogP contribution in [-0.2, 0) is 0 Å². The lowest BCUT2D eigenvalue weighted by atomic mass is 10.2. The van der Waals surface area contributed by atoms with Gasteiger partial charge in [-0.25, -0.2) is 19.3 Å². The standard InChI is InChI=1S/C12H15FN6/c1-7-5-19(3-2-15-7)12-10(13)9-8(4-16-12)17-6-18-11(9)14/h4,6-7,15H,2-3,5H2,1H3,(H2,14,17,18). The van der Waals surface area contributed by atoms with Gasteiger partial charge in [0.15, 0.2) is 11.6 Å². The summed E-state index contributed by atoms with van der Waals surface area (Å²) in [4.78, 5) is 13.9. The van der Waals surface area contributed by atoms with Gasteiger partial charge in [0.25, 0.3) is 0 Å². The van der Waals surface area contributed by atoms with Crippen LogP contribution in [0, 0.1) is 5.82 Å². The molecule has 0 aromatic carbocycles. The van der Waals surface area contributed by atoms with E-state index >= 15 is 0 Å². The molecule has 3 rings (SSSR count). The molecule has 1 fully saturated rings. The van der Waals surface area contributed by atoms with E-state index in [1.165, 1.54) is 6.33 Å². The van der Waals surface area contributed by atoms with Crippen molar-refractivity contribution in [1.29, 1.82) is 0 Å². The molecule has 0 radical (unpaired) electrons. The van der Waals surface area contributed by atoms with Crippen LogP contribution in [0.4, 0.5) is 16.0 Å². The van der Waals surface area contributed by atoms with Crippen molar-refractivity contribution in [3.05, 3.63) is 18.3 Å². The van der Waals surface area contributed by atoms with E-state index in [2.05, 4.69) is 27.2 Å². The summed E-state index contributed by atoms with van der Waals surface area (Å²) in [5.74, 6) is 0.0291. The molecule has 1 aliphatic rings. The molecule has 2 aromatic rings. The molecule has 0 spiro atoms. The molecule has 6 nitrogen and oxygen atoms in total. The number of hydrogen-bond donors (Lipinski definition) is 2.